The Morgan fingerprint density at radius 2 is 1.90 bits per heavy atom. The van der Waals surface area contributed by atoms with Crippen molar-refractivity contribution in [1.82, 2.24) is 9.91 Å². The number of carbonyl (C=O) groups excluding carboxylic acids is 1. The lowest BCUT2D eigenvalue weighted by Gasteiger charge is -2.38. The quantitative estimate of drug-likeness (QED) is 0.712. The van der Waals surface area contributed by atoms with E-state index in [0.29, 0.717) is 48.6 Å². The average Bonchev–Trinajstić information content (AvgIpc) is 3.43. The lowest BCUT2D eigenvalue weighted by molar-refractivity contribution is 0.0938. The fourth-order valence-electron chi connectivity index (χ4n) is 4.15. The van der Waals surface area contributed by atoms with Crippen LogP contribution in [0.25, 0.3) is 0 Å². The van der Waals surface area contributed by atoms with Gasteiger partial charge in [0.25, 0.3) is 0 Å². The van der Waals surface area contributed by atoms with Crippen molar-refractivity contribution in [3.63, 3.8) is 0 Å². The minimum absolute atomic E-state index is 0.0112. The zero-order valence-electron chi connectivity index (χ0n) is 16.5. The molecule has 1 N–H and O–H groups in total. The maximum absolute atomic E-state index is 14.7. The summed E-state index contributed by atoms with van der Waals surface area (Å²) in [5.41, 5.74) is 0.854. The number of carbonyl (C=O) groups is 1. The van der Waals surface area contributed by atoms with Gasteiger partial charge >= 0.3 is 6.03 Å². The third-order valence-corrected chi connectivity index (χ3v) is 5.89. The average molecular weight is 428 g/mol. The Bertz CT molecular complexity index is 987. The van der Waals surface area contributed by atoms with Crippen molar-refractivity contribution < 1.29 is 14.3 Å². The Morgan fingerprint density at radius 1 is 1.17 bits per heavy atom. The molecule has 0 spiro atoms. The molecule has 0 radical (unpaired) electrons. The first kappa shape index (κ1) is 20.6. The highest BCUT2D eigenvalue weighted by atomic mass is 35.5. The predicted octanol–water partition coefficient (Wildman–Crippen LogP) is 4.55. The number of hydrazone groups is 1. The molecule has 2 aromatic carbocycles. The van der Waals surface area contributed by atoms with E-state index in [2.05, 4.69) is 5.10 Å². The fraction of sp³-hybridized carbons (Fsp3) is 0.304. The van der Waals surface area contributed by atoms with Crippen LogP contribution in [0.3, 0.4) is 0 Å². The summed E-state index contributed by atoms with van der Waals surface area (Å²) >= 11 is 6.12. The molecule has 0 bridgehead atoms. The summed E-state index contributed by atoms with van der Waals surface area (Å²) in [6.07, 6.45) is 5.19. The second-order valence-electron chi connectivity index (χ2n) is 7.54. The van der Waals surface area contributed by atoms with Crippen molar-refractivity contribution in [3.05, 3.63) is 82.6 Å². The molecule has 0 saturated carbocycles. The van der Waals surface area contributed by atoms with E-state index in [4.69, 9.17) is 11.6 Å². The van der Waals surface area contributed by atoms with E-state index >= 15 is 0 Å². The van der Waals surface area contributed by atoms with Crippen molar-refractivity contribution >= 4 is 23.3 Å². The van der Waals surface area contributed by atoms with Gasteiger partial charge in [0.15, 0.2) is 0 Å². The van der Waals surface area contributed by atoms with Crippen LogP contribution in [0.1, 0.15) is 30.4 Å². The van der Waals surface area contributed by atoms with Crippen LogP contribution in [0.5, 0.6) is 0 Å². The molecule has 30 heavy (non-hydrogen) atoms. The normalized spacial score (nSPS) is 20.7. The van der Waals surface area contributed by atoms with Crippen molar-refractivity contribution in [2.45, 2.75) is 24.8 Å². The van der Waals surface area contributed by atoms with Gasteiger partial charge in [0.05, 0.1) is 11.3 Å². The molecule has 0 aliphatic carbocycles. The number of rotatable bonds is 5. The maximum atomic E-state index is 14.7. The Morgan fingerprint density at radius 3 is 2.60 bits per heavy atom. The molecule has 2 aliphatic heterocycles. The molecule has 0 saturated heterocycles. The summed E-state index contributed by atoms with van der Waals surface area (Å²) in [7, 11) is 0. The molecular formula is C23H23ClFN3O2. The predicted molar refractivity (Wildman–Crippen MR) is 115 cm³/mol. The third kappa shape index (κ3) is 3.73. The summed E-state index contributed by atoms with van der Waals surface area (Å²) < 4.78 is 14.7. The minimum atomic E-state index is -0.812. The number of nitrogens with zero attached hydrogens (tertiary/aromatic N) is 3. The SMILES string of the molecule is O=C(N1CC=CC1)N1N=C(c2cc(Cl)ccc2F)CC1(CCCO)c1ccccc1. The molecule has 2 amide bonds. The highest BCUT2D eigenvalue weighted by molar-refractivity contribution is 6.31. The van der Waals surface area contributed by atoms with E-state index in [9.17, 15) is 14.3 Å². The molecule has 0 fully saturated rings. The van der Waals surface area contributed by atoms with Gasteiger partial charge in [0, 0.05) is 36.7 Å². The Hall–Kier alpha value is -2.70. The smallest absolute Gasteiger partial charge is 0.341 e. The lowest BCUT2D eigenvalue weighted by atomic mass is 9.80. The van der Waals surface area contributed by atoms with Gasteiger partial charge in [-0.05, 0) is 36.6 Å². The maximum Gasteiger partial charge on any atom is 0.341 e. The van der Waals surface area contributed by atoms with Crippen LogP contribution in [0.4, 0.5) is 9.18 Å². The van der Waals surface area contributed by atoms with Gasteiger partial charge in [-0.15, -0.1) is 0 Å². The van der Waals surface area contributed by atoms with Crippen LogP contribution in [-0.4, -0.2) is 46.5 Å². The van der Waals surface area contributed by atoms with Crippen LogP contribution >= 0.6 is 11.6 Å². The van der Waals surface area contributed by atoms with Gasteiger partial charge in [-0.3, -0.25) is 0 Å². The van der Waals surface area contributed by atoms with Crippen LogP contribution in [-0.2, 0) is 5.54 Å². The number of urea groups is 1. The fourth-order valence-corrected chi connectivity index (χ4v) is 4.32. The Balaban J connectivity index is 1.82. The highest BCUT2D eigenvalue weighted by Crippen LogP contribution is 2.44. The van der Waals surface area contributed by atoms with Crippen LogP contribution in [0.15, 0.2) is 65.8 Å². The number of amides is 2. The zero-order chi connectivity index (χ0) is 21.1. The largest absolute Gasteiger partial charge is 0.396 e. The molecule has 5 nitrogen and oxygen atoms in total. The molecule has 7 heteroatoms. The molecule has 2 aromatic rings. The summed E-state index contributed by atoms with van der Waals surface area (Å²) in [6, 6.07) is 13.7. The minimum Gasteiger partial charge on any atom is -0.396 e. The van der Waals surface area contributed by atoms with Crippen LogP contribution in [0.2, 0.25) is 5.02 Å². The lowest BCUT2D eigenvalue weighted by Crippen LogP contribution is -2.49. The molecular weight excluding hydrogens is 405 g/mol. The second-order valence-corrected chi connectivity index (χ2v) is 7.98. The number of aliphatic hydroxyl groups excluding tert-OH is 1. The van der Waals surface area contributed by atoms with Crippen molar-refractivity contribution in [1.29, 1.82) is 0 Å². The number of benzene rings is 2. The third-order valence-electron chi connectivity index (χ3n) is 5.65. The number of aliphatic hydroxyl groups is 1. The van der Waals surface area contributed by atoms with Gasteiger partial charge in [-0.2, -0.15) is 5.10 Å². The van der Waals surface area contributed by atoms with Gasteiger partial charge < -0.3 is 10.0 Å². The Kier molecular flexibility index (Phi) is 5.88. The number of hydrogen-bond donors (Lipinski definition) is 1. The first-order chi connectivity index (χ1) is 14.5. The first-order valence-corrected chi connectivity index (χ1v) is 10.4. The zero-order valence-corrected chi connectivity index (χ0v) is 17.2. The van der Waals surface area contributed by atoms with E-state index in [1.807, 2.05) is 42.5 Å². The van der Waals surface area contributed by atoms with Crippen LogP contribution < -0.4 is 0 Å². The van der Waals surface area contributed by atoms with E-state index in [1.165, 1.54) is 17.1 Å². The summed E-state index contributed by atoms with van der Waals surface area (Å²) in [5, 5.41) is 16.1. The highest BCUT2D eigenvalue weighted by Gasteiger charge is 2.48. The molecule has 2 aliphatic rings. The molecule has 4 rings (SSSR count). The van der Waals surface area contributed by atoms with E-state index < -0.39 is 11.4 Å². The van der Waals surface area contributed by atoms with E-state index in [1.54, 1.807) is 11.0 Å². The second kappa shape index (κ2) is 8.58. The van der Waals surface area contributed by atoms with Crippen molar-refractivity contribution in [3.8, 4) is 0 Å². The summed E-state index contributed by atoms with van der Waals surface area (Å²) in [4.78, 5) is 15.1. The molecule has 2 heterocycles. The molecule has 0 aromatic heterocycles. The van der Waals surface area contributed by atoms with Crippen molar-refractivity contribution in [2.24, 2.45) is 5.10 Å². The van der Waals surface area contributed by atoms with Crippen molar-refractivity contribution in [2.75, 3.05) is 19.7 Å². The summed E-state index contributed by atoms with van der Waals surface area (Å²) in [6.45, 7) is 1.01. The molecule has 1 atom stereocenters. The Labute approximate surface area is 180 Å². The summed E-state index contributed by atoms with van der Waals surface area (Å²) in [5.74, 6) is -0.431. The topological polar surface area (TPSA) is 56.1 Å². The number of hydrogen-bond acceptors (Lipinski definition) is 3. The molecule has 156 valence electrons. The standard InChI is InChI=1S/C23H23ClFN3O2/c24-18-9-10-20(25)19(15-18)21-16-23(11-6-14-29,17-7-2-1-3-8-17)28(26-21)22(30)27-12-4-5-13-27/h1-5,7-10,15,29H,6,11-14,16H2. The van der Waals surface area contributed by atoms with Gasteiger partial charge in [0.1, 0.15) is 5.82 Å². The monoisotopic (exact) mass is 427 g/mol. The molecule has 1 unspecified atom stereocenters. The van der Waals surface area contributed by atoms with Gasteiger partial charge in [-0.1, -0.05) is 54.1 Å². The van der Waals surface area contributed by atoms with E-state index in [-0.39, 0.29) is 12.6 Å². The van der Waals surface area contributed by atoms with E-state index in [0.717, 1.165) is 5.56 Å². The van der Waals surface area contributed by atoms with Gasteiger partial charge in [-0.25, -0.2) is 14.2 Å². The van der Waals surface area contributed by atoms with Gasteiger partial charge in [0.2, 0.25) is 0 Å². The first-order valence-electron chi connectivity index (χ1n) is 9.98. The number of halogens is 2. The van der Waals surface area contributed by atoms with Crippen LogP contribution in [0, 0.1) is 5.82 Å².